The van der Waals surface area contributed by atoms with Crippen LogP contribution < -0.4 is 10.1 Å². The van der Waals surface area contributed by atoms with Crippen LogP contribution in [0.4, 0.5) is 10.1 Å². The summed E-state index contributed by atoms with van der Waals surface area (Å²) in [5.41, 5.74) is 1.26. The first kappa shape index (κ1) is 23.0. The Hall–Kier alpha value is -2.32. The van der Waals surface area contributed by atoms with E-state index in [2.05, 4.69) is 10.3 Å². The number of halogens is 1. The van der Waals surface area contributed by atoms with E-state index in [-0.39, 0.29) is 23.9 Å². The van der Waals surface area contributed by atoms with Gasteiger partial charge in [0.2, 0.25) is 0 Å². The summed E-state index contributed by atoms with van der Waals surface area (Å²) in [6.07, 6.45) is 4.87. The second-order valence-electron chi connectivity index (χ2n) is 6.69. The number of anilines is 1. The van der Waals surface area contributed by atoms with Crippen molar-refractivity contribution >= 4 is 22.3 Å². The van der Waals surface area contributed by atoms with Crippen molar-refractivity contribution in [2.24, 2.45) is 0 Å². The van der Waals surface area contributed by atoms with Gasteiger partial charge in [-0.25, -0.2) is 9.37 Å². The van der Waals surface area contributed by atoms with Gasteiger partial charge in [-0.2, -0.15) is 0 Å². The fourth-order valence-corrected chi connectivity index (χ4v) is 3.30. The monoisotopic (exact) mass is 421 g/mol. The minimum Gasteiger partial charge on any atom is -0.494 e. The average molecular weight is 422 g/mol. The number of pyridine rings is 1. The molecule has 3 unspecified atom stereocenters. The quantitative estimate of drug-likeness (QED) is 0.745. The highest BCUT2D eigenvalue weighted by molar-refractivity contribution is 7.85. The van der Waals surface area contributed by atoms with Crippen LogP contribution in [-0.4, -0.2) is 36.0 Å². The SMILES string of the molecule is CC1CCC(C(=O)Nc2ccnc(S(C)=N)c2)O1.CCOc1cccc(F)c1C. The summed E-state index contributed by atoms with van der Waals surface area (Å²) in [5, 5.41) is 3.49. The summed E-state index contributed by atoms with van der Waals surface area (Å²) < 4.78 is 31.1. The molecule has 3 atom stereocenters. The first-order chi connectivity index (χ1) is 13.8. The molecule has 6 nitrogen and oxygen atoms in total. The van der Waals surface area contributed by atoms with E-state index in [1.807, 2.05) is 13.8 Å². The smallest absolute Gasteiger partial charge is 0.253 e. The lowest BCUT2D eigenvalue weighted by Gasteiger charge is -2.12. The topological polar surface area (TPSA) is 84.3 Å². The van der Waals surface area contributed by atoms with Crippen molar-refractivity contribution in [2.45, 2.75) is 50.8 Å². The molecule has 0 radical (unpaired) electrons. The van der Waals surface area contributed by atoms with Gasteiger partial charge >= 0.3 is 0 Å². The molecular weight excluding hydrogens is 393 g/mol. The van der Waals surface area contributed by atoms with Crippen LogP contribution >= 0.6 is 0 Å². The fraction of sp³-hybridized carbons (Fsp3) is 0.429. The Morgan fingerprint density at radius 1 is 1.41 bits per heavy atom. The number of aromatic nitrogens is 1. The van der Waals surface area contributed by atoms with E-state index < -0.39 is 10.7 Å². The van der Waals surface area contributed by atoms with Crippen LogP contribution in [0.15, 0.2) is 41.6 Å². The molecule has 2 aromatic rings. The molecule has 1 fully saturated rings. The van der Waals surface area contributed by atoms with Gasteiger partial charge in [-0.15, -0.1) is 0 Å². The molecule has 29 heavy (non-hydrogen) atoms. The molecule has 1 saturated heterocycles. The molecule has 0 bridgehead atoms. The molecule has 0 aliphatic carbocycles. The first-order valence-corrected chi connectivity index (χ1v) is 11.1. The Morgan fingerprint density at radius 3 is 2.79 bits per heavy atom. The lowest BCUT2D eigenvalue weighted by Crippen LogP contribution is -2.27. The molecule has 1 amide bonds. The van der Waals surface area contributed by atoms with Gasteiger partial charge in [0.15, 0.2) is 0 Å². The van der Waals surface area contributed by atoms with E-state index in [0.717, 1.165) is 12.8 Å². The van der Waals surface area contributed by atoms with E-state index in [1.54, 1.807) is 43.6 Å². The Balaban J connectivity index is 0.000000234. The number of ether oxygens (including phenoxy) is 2. The summed E-state index contributed by atoms with van der Waals surface area (Å²) in [6, 6.07) is 8.31. The predicted octanol–water partition coefficient (Wildman–Crippen LogP) is 4.49. The van der Waals surface area contributed by atoms with E-state index in [1.165, 1.54) is 6.07 Å². The molecule has 3 rings (SSSR count). The molecule has 1 aromatic carbocycles. The largest absolute Gasteiger partial charge is 0.494 e. The van der Waals surface area contributed by atoms with Crippen molar-refractivity contribution in [3.8, 4) is 5.75 Å². The van der Waals surface area contributed by atoms with Gasteiger partial charge in [0.05, 0.1) is 12.7 Å². The number of carbonyl (C=O) groups excluding carboxylic acids is 1. The average Bonchev–Trinajstić information content (AvgIpc) is 3.13. The van der Waals surface area contributed by atoms with E-state index >= 15 is 0 Å². The normalized spacial score (nSPS) is 19.1. The number of carbonyl (C=O) groups is 1. The Morgan fingerprint density at radius 2 is 2.17 bits per heavy atom. The standard InChI is InChI=1S/C12H17N3O2S.C9H11FO/c1-8-3-4-10(17-8)12(16)15-9-5-6-14-11(7-9)18(2)13;1-3-11-9-6-4-5-8(10)7(9)2/h5-8,10,13H,3-4H2,1-2H3,(H,14,15,16);4-6H,3H2,1-2H3. The van der Waals surface area contributed by atoms with Crippen LogP contribution in [0.25, 0.3) is 0 Å². The summed E-state index contributed by atoms with van der Waals surface area (Å²) in [7, 11) is -0.655. The number of hydrogen-bond donors (Lipinski definition) is 2. The first-order valence-electron chi connectivity index (χ1n) is 9.49. The van der Waals surface area contributed by atoms with Crippen molar-refractivity contribution < 1.29 is 18.7 Å². The zero-order valence-corrected chi connectivity index (χ0v) is 18.0. The van der Waals surface area contributed by atoms with Crippen LogP contribution in [-0.2, 0) is 20.2 Å². The number of nitrogens with zero attached hydrogens (tertiary/aromatic N) is 1. The zero-order chi connectivity index (χ0) is 21.4. The number of amides is 1. The summed E-state index contributed by atoms with van der Waals surface area (Å²) in [4.78, 5) is 16.0. The van der Waals surface area contributed by atoms with E-state index in [9.17, 15) is 9.18 Å². The van der Waals surface area contributed by atoms with Gasteiger partial charge in [0, 0.05) is 17.4 Å². The minimum absolute atomic E-state index is 0.113. The summed E-state index contributed by atoms with van der Waals surface area (Å²) in [5.74, 6) is 0.306. The Bertz CT molecular complexity index is 863. The van der Waals surface area contributed by atoms with E-state index in [0.29, 0.717) is 28.6 Å². The summed E-state index contributed by atoms with van der Waals surface area (Å²) >= 11 is 0. The van der Waals surface area contributed by atoms with Crippen LogP contribution in [0, 0.1) is 17.5 Å². The second-order valence-corrected chi connectivity index (χ2v) is 8.13. The number of hydrogen-bond acceptors (Lipinski definition) is 5. The third-order valence-electron chi connectivity index (χ3n) is 4.36. The molecular formula is C21H28FN3O3S. The van der Waals surface area contributed by atoms with Crippen LogP contribution in [0.2, 0.25) is 0 Å². The van der Waals surface area contributed by atoms with Gasteiger partial charge in [-0.3, -0.25) is 9.57 Å². The number of benzene rings is 1. The molecule has 1 aliphatic rings. The molecule has 158 valence electrons. The molecule has 8 heteroatoms. The van der Waals surface area contributed by atoms with Crippen molar-refractivity contribution in [3.05, 3.63) is 47.9 Å². The maximum atomic E-state index is 12.8. The zero-order valence-electron chi connectivity index (χ0n) is 17.2. The molecule has 1 aromatic heterocycles. The highest BCUT2D eigenvalue weighted by Gasteiger charge is 2.28. The van der Waals surface area contributed by atoms with Gasteiger partial charge in [-0.1, -0.05) is 16.8 Å². The third kappa shape index (κ3) is 6.90. The lowest BCUT2D eigenvalue weighted by molar-refractivity contribution is -0.126. The highest BCUT2D eigenvalue weighted by atomic mass is 32.2. The third-order valence-corrected chi connectivity index (χ3v) is 5.21. The summed E-state index contributed by atoms with van der Waals surface area (Å²) in [6.45, 7) is 6.13. The van der Waals surface area contributed by atoms with Gasteiger partial charge in [-0.05, 0) is 64.1 Å². The Labute approximate surface area is 173 Å². The number of rotatable bonds is 5. The number of nitrogens with one attached hydrogen (secondary N) is 2. The van der Waals surface area contributed by atoms with E-state index in [4.69, 9.17) is 14.3 Å². The van der Waals surface area contributed by atoms with Crippen LogP contribution in [0.1, 0.15) is 32.3 Å². The van der Waals surface area contributed by atoms with Crippen molar-refractivity contribution in [1.29, 1.82) is 4.78 Å². The van der Waals surface area contributed by atoms with Gasteiger partial charge in [0.25, 0.3) is 5.91 Å². The van der Waals surface area contributed by atoms with Gasteiger partial charge < -0.3 is 14.8 Å². The van der Waals surface area contributed by atoms with Crippen LogP contribution in [0.5, 0.6) is 5.75 Å². The van der Waals surface area contributed by atoms with Gasteiger partial charge in [0.1, 0.15) is 22.7 Å². The maximum Gasteiger partial charge on any atom is 0.253 e. The second kappa shape index (κ2) is 11.0. The molecule has 2 N–H and O–H groups in total. The van der Waals surface area contributed by atoms with Crippen molar-refractivity contribution in [1.82, 2.24) is 4.98 Å². The molecule has 1 aliphatic heterocycles. The lowest BCUT2D eigenvalue weighted by atomic mass is 10.2. The van der Waals surface area contributed by atoms with Crippen molar-refractivity contribution in [3.63, 3.8) is 0 Å². The predicted molar refractivity (Wildman–Crippen MR) is 113 cm³/mol. The molecule has 0 spiro atoms. The Kier molecular flexibility index (Phi) is 8.72. The molecule has 2 heterocycles. The highest BCUT2D eigenvalue weighted by Crippen LogP contribution is 2.21. The molecule has 0 saturated carbocycles. The van der Waals surface area contributed by atoms with Crippen LogP contribution in [0.3, 0.4) is 0 Å². The maximum absolute atomic E-state index is 12.8. The minimum atomic E-state index is -0.655. The fourth-order valence-electron chi connectivity index (χ4n) is 2.77. The van der Waals surface area contributed by atoms with Crippen molar-refractivity contribution in [2.75, 3.05) is 18.2 Å².